The molecule has 2 saturated carbocycles. The van der Waals surface area contributed by atoms with Crippen molar-refractivity contribution in [3.63, 3.8) is 0 Å². The molecule has 3 atom stereocenters. The Morgan fingerprint density at radius 3 is 2.78 bits per heavy atom. The molecule has 1 aromatic carbocycles. The molecule has 18 heavy (non-hydrogen) atoms. The highest BCUT2D eigenvalue weighted by molar-refractivity contribution is 5.18. The number of nitrogens with one attached hydrogen (secondary N) is 1. The summed E-state index contributed by atoms with van der Waals surface area (Å²) in [6.07, 6.45) is 5.48. The van der Waals surface area contributed by atoms with E-state index < -0.39 is 11.6 Å². The topological polar surface area (TPSA) is 12.0 Å². The van der Waals surface area contributed by atoms with Gasteiger partial charge in [0.05, 0.1) is 0 Å². The van der Waals surface area contributed by atoms with Crippen LogP contribution in [0.2, 0.25) is 0 Å². The van der Waals surface area contributed by atoms with Crippen LogP contribution < -0.4 is 5.32 Å². The van der Waals surface area contributed by atoms with Crippen LogP contribution in [-0.4, -0.2) is 6.54 Å². The van der Waals surface area contributed by atoms with Crippen molar-refractivity contribution in [2.45, 2.75) is 32.2 Å². The third kappa shape index (κ3) is 2.28. The molecule has 0 aliphatic heterocycles. The van der Waals surface area contributed by atoms with Gasteiger partial charge >= 0.3 is 0 Å². The summed E-state index contributed by atoms with van der Waals surface area (Å²) < 4.78 is 26.5. The monoisotopic (exact) mass is 251 g/mol. The molecule has 0 spiro atoms. The van der Waals surface area contributed by atoms with Gasteiger partial charge in [0.15, 0.2) is 11.6 Å². The highest BCUT2D eigenvalue weighted by Crippen LogP contribution is 2.47. The lowest BCUT2D eigenvalue weighted by Gasteiger charge is -2.22. The van der Waals surface area contributed by atoms with E-state index >= 15 is 0 Å². The zero-order chi connectivity index (χ0) is 12.5. The Bertz CT molecular complexity index is 433. The second kappa shape index (κ2) is 4.96. The van der Waals surface area contributed by atoms with Crippen molar-refractivity contribution in [1.29, 1.82) is 0 Å². The van der Waals surface area contributed by atoms with Crippen molar-refractivity contribution >= 4 is 0 Å². The van der Waals surface area contributed by atoms with E-state index in [4.69, 9.17) is 0 Å². The number of halogens is 2. The molecular formula is C15H19F2N. The number of benzene rings is 1. The van der Waals surface area contributed by atoms with E-state index in [1.807, 2.05) is 0 Å². The van der Waals surface area contributed by atoms with Gasteiger partial charge in [0.2, 0.25) is 0 Å². The van der Waals surface area contributed by atoms with E-state index in [1.165, 1.54) is 25.7 Å². The first-order chi connectivity index (χ1) is 8.74. The van der Waals surface area contributed by atoms with Crippen LogP contribution in [0.4, 0.5) is 8.78 Å². The maximum Gasteiger partial charge on any atom is 0.163 e. The first-order valence-electron chi connectivity index (χ1n) is 6.87. The van der Waals surface area contributed by atoms with Crippen molar-refractivity contribution in [3.05, 3.63) is 35.4 Å². The van der Waals surface area contributed by atoms with Crippen molar-refractivity contribution in [3.8, 4) is 0 Å². The third-order valence-electron chi connectivity index (χ3n) is 4.64. The highest BCUT2D eigenvalue weighted by Gasteiger charge is 2.38. The van der Waals surface area contributed by atoms with E-state index in [-0.39, 0.29) is 0 Å². The summed E-state index contributed by atoms with van der Waals surface area (Å²) in [5.41, 5.74) is 0.429. The lowest BCUT2D eigenvalue weighted by molar-refractivity contribution is 0.317. The molecule has 2 aliphatic carbocycles. The lowest BCUT2D eigenvalue weighted by Crippen LogP contribution is -2.26. The molecular weight excluding hydrogens is 232 g/mol. The molecule has 0 aromatic heterocycles. The number of rotatable bonds is 4. The number of fused-ring (bicyclic) bond motifs is 2. The van der Waals surface area contributed by atoms with E-state index in [2.05, 4.69) is 5.32 Å². The van der Waals surface area contributed by atoms with Crippen LogP contribution in [0.15, 0.2) is 18.2 Å². The van der Waals surface area contributed by atoms with Crippen LogP contribution in [0.1, 0.15) is 31.2 Å². The molecule has 0 amide bonds. The van der Waals surface area contributed by atoms with Gasteiger partial charge in [-0.15, -0.1) is 0 Å². The molecule has 0 heterocycles. The molecule has 1 nitrogen and oxygen atoms in total. The van der Waals surface area contributed by atoms with Crippen molar-refractivity contribution < 1.29 is 8.78 Å². The normalized spacial score (nSPS) is 30.0. The van der Waals surface area contributed by atoms with Crippen LogP contribution in [0.3, 0.4) is 0 Å². The maximum atomic E-state index is 13.4. The Labute approximate surface area is 107 Å². The second-order valence-electron chi connectivity index (χ2n) is 5.78. The average molecular weight is 251 g/mol. The summed E-state index contributed by atoms with van der Waals surface area (Å²) >= 11 is 0. The Kier molecular flexibility index (Phi) is 3.33. The molecule has 3 rings (SSSR count). The number of hydrogen-bond donors (Lipinski definition) is 1. The second-order valence-corrected chi connectivity index (χ2v) is 5.78. The molecule has 3 heteroatoms. The van der Waals surface area contributed by atoms with Gasteiger partial charge in [0, 0.05) is 12.1 Å². The zero-order valence-corrected chi connectivity index (χ0v) is 10.5. The fourth-order valence-corrected chi connectivity index (χ4v) is 3.70. The minimum Gasteiger partial charge on any atom is -0.312 e. The molecule has 0 radical (unpaired) electrons. The zero-order valence-electron chi connectivity index (χ0n) is 10.5. The van der Waals surface area contributed by atoms with Gasteiger partial charge in [-0.3, -0.25) is 0 Å². The van der Waals surface area contributed by atoms with Crippen molar-refractivity contribution in [2.75, 3.05) is 6.54 Å². The predicted octanol–water partition coefficient (Wildman–Crippen LogP) is 3.49. The van der Waals surface area contributed by atoms with Gasteiger partial charge in [0.1, 0.15) is 0 Å². The van der Waals surface area contributed by atoms with Crippen LogP contribution >= 0.6 is 0 Å². The molecule has 2 fully saturated rings. The molecule has 1 aromatic rings. The van der Waals surface area contributed by atoms with Crippen LogP contribution in [0.5, 0.6) is 0 Å². The minimum atomic E-state index is -0.755. The van der Waals surface area contributed by atoms with Crippen LogP contribution in [-0.2, 0) is 6.54 Å². The first kappa shape index (κ1) is 12.1. The van der Waals surface area contributed by atoms with Gasteiger partial charge in [-0.25, -0.2) is 8.78 Å². The largest absolute Gasteiger partial charge is 0.312 e. The molecule has 98 valence electrons. The van der Waals surface area contributed by atoms with E-state index in [0.717, 1.165) is 30.4 Å². The fourth-order valence-electron chi connectivity index (χ4n) is 3.70. The summed E-state index contributed by atoms with van der Waals surface area (Å²) in [7, 11) is 0. The maximum absolute atomic E-state index is 13.4. The first-order valence-corrected chi connectivity index (χ1v) is 6.87. The van der Waals surface area contributed by atoms with E-state index in [1.54, 1.807) is 12.1 Å². The quantitative estimate of drug-likeness (QED) is 0.863. The SMILES string of the molecule is Fc1cccc(CNCC2CC3CCC2C3)c1F. The smallest absolute Gasteiger partial charge is 0.163 e. The standard InChI is InChI=1S/C15H19F2N/c16-14-3-1-2-12(15(14)17)8-18-9-13-7-10-4-5-11(13)6-10/h1-3,10-11,13,18H,4-9H2. The van der Waals surface area contributed by atoms with Crippen LogP contribution in [0.25, 0.3) is 0 Å². The van der Waals surface area contributed by atoms with Crippen LogP contribution in [0, 0.1) is 29.4 Å². The highest BCUT2D eigenvalue weighted by atomic mass is 19.2. The summed E-state index contributed by atoms with van der Waals surface area (Å²) in [6.45, 7) is 1.37. The van der Waals surface area contributed by atoms with Gasteiger partial charge in [0.25, 0.3) is 0 Å². The Balaban J connectivity index is 1.51. The summed E-state index contributed by atoms with van der Waals surface area (Å²) in [4.78, 5) is 0. The van der Waals surface area contributed by atoms with Crippen molar-refractivity contribution in [2.24, 2.45) is 17.8 Å². The van der Waals surface area contributed by atoms with Gasteiger partial charge in [-0.05, 0) is 49.6 Å². The van der Waals surface area contributed by atoms with Gasteiger partial charge in [-0.2, -0.15) is 0 Å². The lowest BCUT2D eigenvalue weighted by atomic mass is 9.89. The van der Waals surface area contributed by atoms with Gasteiger partial charge in [-0.1, -0.05) is 18.6 Å². The molecule has 1 N–H and O–H groups in total. The van der Waals surface area contributed by atoms with Crippen molar-refractivity contribution in [1.82, 2.24) is 5.32 Å². The van der Waals surface area contributed by atoms with E-state index in [9.17, 15) is 8.78 Å². The Morgan fingerprint density at radius 2 is 2.06 bits per heavy atom. The third-order valence-corrected chi connectivity index (χ3v) is 4.64. The Morgan fingerprint density at radius 1 is 1.17 bits per heavy atom. The van der Waals surface area contributed by atoms with E-state index in [0.29, 0.717) is 12.1 Å². The molecule has 0 saturated heterocycles. The summed E-state index contributed by atoms with van der Waals surface area (Å²) in [6, 6.07) is 4.37. The molecule has 3 unspecified atom stereocenters. The summed E-state index contributed by atoms with van der Waals surface area (Å²) in [5, 5.41) is 3.29. The summed E-state index contributed by atoms with van der Waals surface area (Å²) in [5.74, 6) is 1.10. The fraction of sp³-hybridized carbons (Fsp3) is 0.600. The minimum absolute atomic E-state index is 0.428. The molecule has 2 bridgehead atoms. The predicted molar refractivity (Wildman–Crippen MR) is 67.0 cm³/mol. The molecule has 2 aliphatic rings. The average Bonchev–Trinajstić information content (AvgIpc) is 2.97. The van der Waals surface area contributed by atoms with Gasteiger partial charge < -0.3 is 5.32 Å². The Hall–Kier alpha value is -0.960. The number of hydrogen-bond acceptors (Lipinski definition) is 1.